The predicted octanol–water partition coefficient (Wildman–Crippen LogP) is 3.65. The van der Waals surface area contributed by atoms with Crippen molar-refractivity contribution in [1.82, 2.24) is 0 Å². The van der Waals surface area contributed by atoms with Crippen molar-refractivity contribution in [3.05, 3.63) is 32.2 Å². The Labute approximate surface area is 97.2 Å². The Morgan fingerprint density at radius 1 is 1.46 bits per heavy atom. The summed E-state index contributed by atoms with van der Waals surface area (Å²) in [7, 11) is 0. The summed E-state index contributed by atoms with van der Waals surface area (Å²) in [6.07, 6.45) is 0. The molecule has 0 fully saturated rings. The second-order valence-electron chi connectivity index (χ2n) is 2.33. The Morgan fingerprint density at radius 3 is 2.54 bits per heavy atom. The Hall–Kier alpha value is -0.0600. The molecular weight excluding hydrogens is 323 g/mol. The van der Waals surface area contributed by atoms with Crippen LogP contribution in [0.2, 0.25) is 0 Å². The van der Waals surface area contributed by atoms with Crippen LogP contribution in [-0.2, 0) is 5.88 Å². The van der Waals surface area contributed by atoms with Crippen molar-refractivity contribution >= 4 is 49.4 Å². The van der Waals surface area contributed by atoms with Crippen LogP contribution in [0.25, 0.3) is 0 Å². The van der Waals surface area contributed by atoms with E-state index in [1.165, 1.54) is 6.07 Å². The summed E-state index contributed by atoms with van der Waals surface area (Å²) >= 11 is 12.1. The third kappa shape index (κ3) is 2.24. The molecular formula is C8H5Br2ClO2. The lowest BCUT2D eigenvalue weighted by molar-refractivity contribution is 0.0696. The van der Waals surface area contributed by atoms with E-state index in [1.807, 2.05) is 0 Å². The maximum atomic E-state index is 10.7. The van der Waals surface area contributed by atoms with E-state index in [0.717, 1.165) is 10.0 Å². The summed E-state index contributed by atoms with van der Waals surface area (Å²) in [5, 5.41) is 8.79. The molecule has 0 heterocycles. The summed E-state index contributed by atoms with van der Waals surface area (Å²) in [6.45, 7) is 0. The minimum Gasteiger partial charge on any atom is -0.478 e. The van der Waals surface area contributed by atoms with Crippen molar-refractivity contribution < 1.29 is 9.90 Å². The largest absolute Gasteiger partial charge is 0.478 e. The molecule has 0 atom stereocenters. The predicted molar refractivity (Wildman–Crippen MR) is 58.4 cm³/mol. The molecule has 1 aromatic carbocycles. The number of benzene rings is 1. The van der Waals surface area contributed by atoms with Gasteiger partial charge in [-0.2, -0.15) is 0 Å². The molecule has 1 N–H and O–H groups in total. The van der Waals surface area contributed by atoms with Crippen molar-refractivity contribution in [1.29, 1.82) is 0 Å². The van der Waals surface area contributed by atoms with E-state index in [2.05, 4.69) is 31.9 Å². The molecule has 0 radical (unpaired) electrons. The van der Waals surface area contributed by atoms with E-state index in [4.69, 9.17) is 16.7 Å². The second kappa shape index (κ2) is 4.44. The molecule has 0 spiro atoms. The fraction of sp³-hybridized carbons (Fsp3) is 0.125. The Balaban J connectivity index is 3.35. The van der Waals surface area contributed by atoms with Crippen LogP contribution in [0, 0.1) is 0 Å². The van der Waals surface area contributed by atoms with Gasteiger partial charge in [0.1, 0.15) is 0 Å². The van der Waals surface area contributed by atoms with Gasteiger partial charge in [-0.1, -0.05) is 15.9 Å². The van der Waals surface area contributed by atoms with Crippen molar-refractivity contribution in [2.75, 3.05) is 0 Å². The Morgan fingerprint density at radius 2 is 2.08 bits per heavy atom. The first-order valence-electron chi connectivity index (χ1n) is 3.34. The highest BCUT2D eigenvalue weighted by molar-refractivity contribution is 9.11. The summed E-state index contributed by atoms with van der Waals surface area (Å²) in [6, 6.07) is 3.19. The summed E-state index contributed by atoms with van der Waals surface area (Å²) < 4.78 is 1.34. The molecule has 1 rings (SSSR count). The van der Waals surface area contributed by atoms with Gasteiger partial charge in [-0.05, 0) is 33.6 Å². The standard InChI is InChI=1S/C8H5Br2ClO2/c9-6-2-1-4(8(12)13)7(10)5(6)3-11/h1-2H,3H2,(H,12,13). The normalized spacial score (nSPS) is 10.1. The quantitative estimate of drug-likeness (QED) is 0.842. The topological polar surface area (TPSA) is 37.3 Å². The minimum absolute atomic E-state index is 0.221. The maximum absolute atomic E-state index is 10.7. The smallest absolute Gasteiger partial charge is 0.336 e. The van der Waals surface area contributed by atoms with Crippen LogP contribution < -0.4 is 0 Å². The molecule has 1 aromatic rings. The fourth-order valence-corrected chi connectivity index (χ4v) is 2.88. The van der Waals surface area contributed by atoms with Gasteiger partial charge in [0.05, 0.1) is 5.56 Å². The van der Waals surface area contributed by atoms with E-state index >= 15 is 0 Å². The van der Waals surface area contributed by atoms with Crippen LogP contribution >= 0.6 is 43.5 Å². The van der Waals surface area contributed by atoms with Gasteiger partial charge >= 0.3 is 5.97 Å². The molecule has 13 heavy (non-hydrogen) atoms. The van der Waals surface area contributed by atoms with Gasteiger partial charge in [0, 0.05) is 14.8 Å². The van der Waals surface area contributed by atoms with Crippen LogP contribution in [0.15, 0.2) is 21.1 Å². The molecule has 0 bridgehead atoms. The molecule has 2 nitrogen and oxygen atoms in total. The Bertz CT molecular complexity index is 352. The zero-order valence-corrected chi connectivity index (χ0v) is 10.3. The van der Waals surface area contributed by atoms with Crippen molar-refractivity contribution in [2.45, 2.75) is 5.88 Å². The van der Waals surface area contributed by atoms with Gasteiger partial charge < -0.3 is 5.11 Å². The fourth-order valence-electron chi connectivity index (χ4n) is 0.885. The number of carbonyl (C=O) groups is 1. The van der Waals surface area contributed by atoms with E-state index in [0.29, 0.717) is 4.47 Å². The molecule has 5 heteroatoms. The van der Waals surface area contributed by atoms with Crippen LogP contribution in [0.3, 0.4) is 0 Å². The number of rotatable bonds is 2. The maximum Gasteiger partial charge on any atom is 0.336 e. The van der Waals surface area contributed by atoms with Gasteiger partial charge in [-0.25, -0.2) is 4.79 Å². The lowest BCUT2D eigenvalue weighted by Crippen LogP contribution is -2.00. The average molecular weight is 328 g/mol. The summed E-state index contributed by atoms with van der Waals surface area (Å²) in [5.41, 5.74) is 0.973. The average Bonchev–Trinajstić information content (AvgIpc) is 2.04. The lowest BCUT2D eigenvalue weighted by Gasteiger charge is -2.06. The molecule has 0 aliphatic heterocycles. The van der Waals surface area contributed by atoms with E-state index in [9.17, 15) is 4.79 Å². The highest BCUT2D eigenvalue weighted by atomic mass is 79.9. The molecule has 0 saturated heterocycles. The zero-order chi connectivity index (χ0) is 10.0. The van der Waals surface area contributed by atoms with Gasteiger partial charge in [-0.15, -0.1) is 11.6 Å². The van der Waals surface area contributed by atoms with E-state index in [-0.39, 0.29) is 11.4 Å². The van der Waals surface area contributed by atoms with Crippen molar-refractivity contribution in [2.24, 2.45) is 0 Å². The molecule has 70 valence electrons. The van der Waals surface area contributed by atoms with Gasteiger partial charge in [0.2, 0.25) is 0 Å². The first-order chi connectivity index (χ1) is 6.07. The van der Waals surface area contributed by atoms with Crippen LogP contribution in [0.1, 0.15) is 15.9 Å². The highest BCUT2D eigenvalue weighted by Gasteiger charge is 2.13. The molecule has 0 amide bonds. The second-order valence-corrected chi connectivity index (χ2v) is 4.24. The minimum atomic E-state index is -0.967. The lowest BCUT2D eigenvalue weighted by atomic mass is 10.1. The molecule has 0 aliphatic carbocycles. The summed E-state index contributed by atoms with van der Waals surface area (Å²) in [4.78, 5) is 10.7. The molecule has 0 aromatic heterocycles. The number of carboxylic acids is 1. The molecule has 0 aliphatic rings. The SMILES string of the molecule is O=C(O)c1ccc(Br)c(CCl)c1Br. The molecule has 0 unspecified atom stereocenters. The van der Waals surface area contributed by atoms with Crippen molar-refractivity contribution in [3.8, 4) is 0 Å². The van der Waals surface area contributed by atoms with E-state index in [1.54, 1.807) is 6.07 Å². The van der Waals surface area contributed by atoms with Gasteiger partial charge in [-0.3, -0.25) is 0 Å². The van der Waals surface area contributed by atoms with E-state index < -0.39 is 5.97 Å². The first-order valence-corrected chi connectivity index (χ1v) is 5.46. The van der Waals surface area contributed by atoms with Crippen molar-refractivity contribution in [3.63, 3.8) is 0 Å². The number of halogens is 3. The highest BCUT2D eigenvalue weighted by Crippen LogP contribution is 2.30. The number of hydrogen-bond acceptors (Lipinski definition) is 1. The number of hydrogen-bond donors (Lipinski definition) is 1. The number of aromatic carboxylic acids is 1. The van der Waals surface area contributed by atoms with Crippen LogP contribution in [0.5, 0.6) is 0 Å². The number of carboxylic acid groups (broad SMARTS) is 1. The first kappa shape index (κ1) is 11.0. The van der Waals surface area contributed by atoms with Gasteiger partial charge in [0.15, 0.2) is 0 Å². The zero-order valence-electron chi connectivity index (χ0n) is 6.35. The Kier molecular flexibility index (Phi) is 3.76. The third-order valence-electron chi connectivity index (χ3n) is 1.55. The van der Waals surface area contributed by atoms with Gasteiger partial charge in [0.25, 0.3) is 0 Å². The third-order valence-corrected chi connectivity index (χ3v) is 3.47. The monoisotopic (exact) mass is 326 g/mol. The number of alkyl halides is 1. The van der Waals surface area contributed by atoms with Crippen LogP contribution in [0.4, 0.5) is 0 Å². The summed E-state index contributed by atoms with van der Waals surface area (Å²) in [5.74, 6) is -0.701. The van der Waals surface area contributed by atoms with Crippen LogP contribution in [-0.4, -0.2) is 11.1 Å². The molecule has 0 saturated carbocycles.